The van der Waals surface area contributed by atoms with Gasteiger partial charge in [-0.25, -0.2) is 0 Å². The van der Waals surface area contributed by atoms with E-state index in [1.54, 1.807) is 0 Å². The van der Waals surface area contributed by atoms with Crippen molar-refractivity contribution in [3.05, 3.63) is 28.5 Å². The number of hydrogen-bond acceptors (Lipinski definition) is 1. The van der Waals surface area contributed by atoms with Crippen LogP contribution in [0.3, 0.4) is 0 Å². The standard InChI is InChI=1S/C12H18S/c1-5-10-6-7-11(13-10)8-9-12(2,3)4/h5-7H,1,8-9H2,2-4H3. The summed E-state index contributed by atoms with van der Waals surface area (Å²) >= 11 is 1.86. The first-order chi connectivity index (χ1) is 6.01. The first kappa shape index (κ1) is 10.5. The highest BCUT2D eigenvalue weighted by Crippen LogP contribution is 2.25. The fourth-order valence-electron chi connectivity index (χ4n) is 1.14. The third-order valence-electron chi connectivity index (χ3n) is 2.01. The molecule has 0 radical (unpaired) electrons. The number of rotatable bonds is 3. The van der Waals surface area contributed by atoms with Crippen LogP contribution in [0.5, 0.6) is 0 Å². The average Bonchev–Trinajstić information content (AvgIpc) is 2.47. The van der Waals surface area contributed by atoms with E-state index in [9.17, 15) is 0 Å². The summed E-state index contributed by atoms with van der Waals surface area (Å²) in [7, 11) is 0. The molecular formula is C12H18S. The van der Waals surface area contributed by atoms with Crippen LogP contribution < -0.4 is 0 Å². The molecule has 1 aromatic rings. The Kier molecular flexibility index (Phi) is 3.32. The van der Waals surface area contributed by atoms with Crippen LogP contribution in [-0.4, -0.2) is 0 Å². The summed E-state index contributed by atoms with van der Waals surface area (Å²) in [5.41, 5.74) is 0.443. The second-order valence-electron chi connectivity index (χ2n) is 4.57. The van der Waals surface area contributed by atoms with Crippen molar-refractivity contribution in [2.45, 2.75) is 33.6 Å². The third-order valence-corrected chi connectivity index (χ3v) is 3.15. The Balaban J connectivity index is 2.50. The van der Waals surface area contributed by atoms with Crippen LogP contribution in [0.4, 0.5) is 0 Å². The van der Waals surface area contributed by atoms with Crippen LogP contribution >= 0.6 is 11.3 Å². The molecule has 0 unspecified atom stereocenters. The molecule has 0 bridgehead atoms. The maximum atomic E-state index is 3.76. The zero-order chi connectivity index (χ0) is 9.90. The lowest BCUT2D eigenvalue weighted by Crippen LogP contribution is -2.05. The van der Waals surface area contributed by atoms with Crippen LogP contribution in [0.15, 0.2) is 18.7 Å². The summed E-state index contributed by atoms with van der Waals surface area (Å²) in [5, 5.41) is 0. The molecule has 1 aromatic heterocycles. The predicted octanol–water partition coefficient (Wildman–Crippen LogP) is 4.37. The van der Waals surface area contributed by atoms with Crippen molar-refractivity contribution in [2.24, 2.45) is 5.41 Å². The second kappa shape index (κ2) is 4.10. The van der Waals surface area contributed by atoms with Gasteiger partial charge in [-0.3, -0.25) is 0 Å². The molecule has 0 aromatic carbocycles. The molecule has 0 aliphatic rings. The van der Waals surface area contributed by atoms with E-state index in [1.165, 1.54) is 22.6 Å². The predicted molar refractivity (Wildman–Crippen MR) is 62.2 cm³/mol. The number of hydrogen-bond donors (Lipinski definition) is 0. The molecule has 0 spiro atoms. The van der Waals surface area contributed by atoms with Crippen molar-refractivity contribution < 1.29 is 0 Å². The lowest BCUT2D eigenvalue weighted by molar-refractivity contribution is 0.379. The lowest BCUT2D eigenvalue weighted by Gasteiger charge is -2.16. The van der Waals surface area contributed by atoms with E-state index >= 15 is 0 Å². The summed E-state index contributed by atoms with van der Waals surface area (Å²) in [6.07, 6.45) is 4.37. The highest BCUT2D eigenvalue weighted by molar-refractivity contribution is 7.12. The van der Waals surface area contributed by atoms with Gasteiger partial charge in [0.15, 0.2) is 0 Å². The molecule has 0 aliphatic heterocycles. The van der Waals surface area contributed by atoms with Gasteiger partial charge < -0.3 is 0 Å². The van der Waals surface area contributed by atoms with Crippen molar-refractivity contribution >= 4 is 17.4 Å². The molecule has 13 heavy (non-hydrogen) atoms. The Bertz CT molecular complexity index is 276. The fraction of sp³-hybridized carbons (Fsp3) is 0.500. The van der Waals surface area contributed by atoms with Crippen LogP contribution in [0, 0.1) is 5.41 Å². The fourth-order valence-corrected chi connectivity index (χ4v) is 2.00. The van der Waals surface area contributed by atoms with Crippen molar-refractivity contribution in [1.29, 1.82) is 0 Å². The van der Waals surface area contributed by atoms with Crippen molar-refractivity contribution in [3.63, 3.8) is 0 Å². The van der Waals surface area contributed by atoms with Crippen LogP contribution in [0.2, 0.25) is 0 Å². The van der Waals surface area contributed by atoms with Crippen LogP contribution in [0.1, 0.15) is 36.9 Å². The average molecular weight is 194 g/mol. The minimum absolute atomic E-state index is 0.443. The monoisotopic (exact) mass is 194 g/mol. The molecule has 0 saturated carbocycles. The molecule has 0 nitrogen and oxygen atoms in total. The molecule has 1 heteroatoms. The van der Waals surface area contributed by atoms with Gasteiger partial charge in [0.05, 0.1) is 0 Å². The molecule has 0 N–H and O–H groups in total. The van der Waals surface area contributed by atoms with E-state index in [0.717, 1.165) is 0 Å². The van der Waals surface area contributed by atoms with Gasteiger partial charge in [-0.2, -0.15) is 0 Å². The summed E-state index contributed by atoms with van der Waals surface area (Å²) in [4.78, 5) is 2.76. The Morgan fingerprint density at radius 1 is 1.38 bits per heavy atom. The van der Waals surface area contributed by atoms with E-state index in [-0.39, 0.29) is 0 Å². The second-order valence-corrected chi connectivity index (χ2v) is 5.77. The zero-order valence-corrected chi connectivity index (χ0v) is 9.58. The molecule has 1 heterocycles. The van der Waals surface area contributed by atoms with E-state index < -0.39 is 0 Å². The minimum Gasteiger partial charge on any atom is -0.141 e. The zero-order valence-electron chi connectivity index (χ0n) is 8.76. The molecular weight excluding hydrogens is 176 g/mol. The molecule has 1 rings (SSSR count). The topological polar surface area (TPSA) is 0 Å². The van der Waals surface area contributed by atoms with E-state index in [2.05, 4.69) is 39.5 Å². The summed E-state index contributed by atoms with van der Waals surface area (Å²) < 4.78 is 0. The summed E-state index contributed by atoms with van der Waals surface area (Å²) in [6.45, 7) is 10.6. The normalized spacial score (nSPS) is 11.6. The lowest BCUT2D eigenvalue weighted by atomic mass is 9.90. The highest BCUT2D eigenvalue weighted by atomic mass is 32.1. The molecule has 0 aliphatic carbocycles. The van der Waals surface area contributed by atoms with E-state index in [4.69, 9.17) is 0 Å². The van der Waals surface area contributed by atoms with Crippen molar-refractivity contribution in [1.82, 2.24) is 0 Å². The van der Waals surface area contributed by atoms with Gasteiger partial charge in [0.1, 0.15) is 0 Å². The molecule has 0 amide bonds. The van der Waals surface area contributed by atoms with Gasteiger partial charge >= 0.3 is 0 Å². The van der Waals surface area contributed by atoms with Gasteiger partial charge in [-0.15, -0.1) is 11.3 Å². The smallest absolute Gasteiger partial charge is 0.0267 e. The highest BCUT2D eigenvalue weighted by Gasteiger charge is 2.10. The quantitative estimate of drug-likeness (QED) is 0.670. The number of thiophene rings is 1. The van der Waals surface area contributed by atoms with Gasteiger partial charge in [-0.05, 0) is 30.4 Å². The summed E-state index contributed by atoms with van der Waals surface area (Å²) in [6, 6.07) is 4.36. The Morgan fingerprint density at radius 2 is 2.08 bits per heavy atom. The Hall–Kier alpha value is -0.560. The maximum Gasteiger partial charge on any atom is 0.0267 e. The van der Waals surface area contributed by atoms with Crippen molar-refractivity contribution in [2.75, 3.05) is 0 Å². The largest absolute Gasteiger partial charge is 0.141 e. The summed E-state index contributed by atoms with van der Waals surface area (Å²) in [5.74, 6) is 0. The van der Waals surface area contributed by atoms with Gasteiger partial charge in [0, 0.05) is 9.75 Å². The van der Waals surface area contributed by atoms with Crippen LogP contribution in [-0.2, 0) is 6.42 Å². The van der Waals surface area contributed by atoms with Gasteiger partial charge in [0.2, 0.25) is 0 Å². The van der Waals surface area contributed by atoms with Gasteiger partial charge in [-0.1, -0.05) is 33.4 Å². The minimum atomic E-state index is 0.443. The maximum absolute atomic E-state index is 3.76. The molecule has 0 fully saturated rings. The first-order valence-electron chi connectivity index (χ1n) is 4.72. The molecule has 0 atom stereocenters. The SMILES string of the molecule is C=Cc1ccc(CCC(C)(C)C)s1. The van der Waals surface area contributed by atoms with E-state index in [1.807, 2.05) is 17.4 Å². The van der Waals surface area contributed by atoms with Crippen LogP contribution in [0.25, 0.3) is 6.08 Å². The van der Waals surface area contributed by atoms with E-state index in [0.29, 0.717) is 5.41 Å². The molecule has 0 saturated heterocycles. The first-order valence-corrected chi connectivity index (χ1v) is 5.54. The third kappa shape index (κ3) is 3.77. The van der Waals surface area contributed by atoms with Crippen molar-refractivity contribution in [3.8, 4) is 0 Å². The van der Waals surface area contributed by atoms with Gasteiger partial charge in [0.25, 0.3) is 0 Å². The Labute approximate surface area is 85.3 Å². The Morgan fingerprint density at radius 3 is 2.54 bits per heavy atom. The number of aryl methyl sites for hydroxylation is 1. The molecule has 72 valence electrons.